The van der Waals surface area contributed by atoms with Gasteiger partial charge in [-0.25, -0.2) is 0 Å². The van der Waals surface area contributed by atoms with Gasteiger partial charge in [0.15, 0.2) is 0 Å². The first-order valence-electron chi connectivity index (χ1n) is 7.93. The van der Waals surface area contributed by atoms with Crippen molar-refractivity contribution in [2.75, 3.05) is 13.1 Å². The molecule has 0 spiro atoms. The van der Waals surface area contributed by atoms with Crippen molar-refractivity contribution in [3.8, 4) is 0 Å². The lowest BCUT2D eigenvalue weighted by Crippen LogP contribution is -2.34. The van der Waals surface area contributed by atoms with Gasteiger partial charge in [-0.15, -0.1) is 12.4 Å². The van der Waals surface area contributed by atoms with Crippen LogP contribution < -0.4 is 5.73 Å². The zero-order valence-electron chi connectivity index (χ0n) is 13.5. The lowest BCUT2D eigenvalue weighted by atomic mass is 9.95. The molecule has 1 saturated carbocycles. The van der Waals surface area contributed by atoms with Crippen LogP contribution in [0.5, 0.6) is 0 Å². The first-order chi connectivity index (χ1) is 9.97. The molecule has 1 saturated heterocycles. The number of aromatic nitrogens is 1. The molecule has 2 N–H and O–H groups in total. The Hall–Kier alpha value is -1.07. The van der Waals surface area contributed by atoms with Crippen molar-refractivity contribution in [3.05, 3.63) is 17.0 Å². The summed E-state index contributed by atoms with van der Waals surface area (Å²) in [6.07, 6.45) is 2.82. The molecule has 0 aromatic carbocycles. The summed E-state index contributed by atoms with van der Waals surface area (Å²) in [5, 5.41) is 3.98. The highest BCUT2D eigenvalue weighted by Gasteiger charge is 2.42. The average Bonchev–Trinajstić information content (AvgIpc) is 3.07. The van der Waals surface area contributed by atoms with Gasteiger partial charge < -0.3 is 15.2 Å². The summed E-state index contributed by atoms with van der Waals surface area (Å²) in [4.78, 5) is 14.6. The molecule has 1 aromatic heterocycles. The normalized spacial score (nSPS) is 28.4. The fourth-order valence-corrected chi connectivity index (χ4v) is 4.20. The zero-order valence-corrected chi connectivity index (χ0v) is 14.4. The first kappa shape index (κ1) is 17.3. The Morgan fingerprint density at radius 3 is 2.73 bits per heavy atom. The fraction of sp³-hybridized carbons (Fsp3) is 0.750. The molecule has 4 unspecified atom stereocenters. The highest BCUT2D eigenvalue weighted by molar-refractivity contribution is 5.85. The Kier molecular flexibility index (Phi) is 5.17. The van der Waals surface area contributed by atoms with E-state index >= 15 is 0 Å². The fourth-order valence-electron chi connectivity index (χ4n) is 4.20. The van der Waals surface area contributed by atoms with Crippen molar-refractivity contribution in [2.45, 2.75) is 52.0 Å². The molecular weight excluding hydrogens is 302 g/mol. The maximum absolute atomic E-state index is 12.5. The van der Waals surface area contributed by atoms with Crippen LogP contribution in [0, 0.1) is 25.7 Å². The number of carbonyl (C=O) groups excluding carboxylic acids is 1. The predicted octanol–water partition coefficient (Wildman–Crippen LogP) is 2.40. The minimum absolute atomic E-state index is 0. The molecule has 1 aliphatic heterocycles. The summed E-state index contributed by atoms with van der Waals surface area (Å²) in [6.45, 7) is 7.67. The Bertz CT molecular complexity index is 526. The molecule has 1 amide bonds. The van der Waals surface area contributed by atoms with E-state index in [2.05, 4.69) is 12.1 Å². The molecule has 1 aromatic rings. The van der Waals surface area contributed by atoms with Crippen LogP contribution in [0.25, 0.3) is 0 Å². The molecule has 2 heterocycles. The van der Waals surface area contributed by atoms with Gasteiger partial charge in [0, 0.05) is 31.1 Å². The van der Waals surface area contributed by atoms with Gasteiger partial charge in [-0.1, -0.05) is 12.1 Å². The van der Waals surface area contributed by atoms with Gasteiger partial charge in [0.05, 0.1) is 5.69 Å². The molecule has 5 nitrogen and oxygen atoms in total. The van der Waals surface area contributed by atoms with Crippen molar-refractivity contribution in [2.24, 2.45) is 17.6 Å². The lowest BCUT2D eigenvalue weighted by Gasteiger charge is -2.21. The molecule has 0 radical (unpaired) electrons. The van der Waals surface area contributed by atoms with Gasteiger partial charge in [-0.05, 0) is 44.4 Å². The Labute approximate surface area is 138 Å². The van der Waals surface area contributed by atoms with Gasteiger partial charge in [-0.2, -0.15) is 0 Å². The van der Waals surface area contributed by atoms with Crippen molar-refractivity contribution >= 4 is 18.3 Å². The third-order valence-electron chi connectivity index (χ3n) is 5.33. The van der Waals surface area contributed by atoms with Crippen LogP contribution in [-0.2, 0) is 4.79 Å². The van der Waals surface area contributed by atoms with E-state index in [-0.39, 0.29) is 30.3 Å². The third kappa shape index (κ3) is 3.01. The molecule has 124 valence electrons. The van der Waals surface area contributed by atoms with Crippen molar-refractivity contribution in [3.63, 3.8) is 0 Å². The zero-order chi connectivity index (χ0) is 15.1. The van der Waals surface area contributed by atoms with E-state index in [1.165, 1.54) is 6.42 Å². The van der Waals surface area contributed by atoms with Gasteiger partial charge in [0.1, 0.15) is 5.76 Å². The van der Waals surface area contributed by atoms with E-state index in [0.717, 1.165) is 36.5 Å². The molecule has 3 rings (SSSR count). The maximum Gasteiger partial charge on any atom is 0.223 e. The van der Waals surface area contributed by atoms with Gasteiger partial charge in [-0.3, -0.25) is 4.79 Å². The molecule has 0 bridgehead atoms. The van der Waals surface area contributed by atoms with Crippen LogP contribution in [0.2, 0.25) is 0 Å². The summed E-state index contributed by atoms with van der Waals surface area (Å²) in [7, 11) is 0. The Balaban J connectivity index is 0.00000176. The second-order valence-electron chi connectivity index (χ2n) is 6.81. The number of rotatable bonds is 3. The Morgan fingerprint density at radius 1 is 1.41 bits per heavy atom. The summed E-state index contributed by atoms with van der Waals surface area (Å²) in [6, 6.07) is 0.285. The summed E-state index contributed by atoms with van der Waals surface area (Å²) in [5.74, 6) is 2.36. The molecule has 22 heavy (non-hydrogen) atoms. The van der Waals surface area contributed by atoms with E-state index in [4.69, 9.17) is 10.3 Å². The number of halogens is 1. The van der Waals surface area contributed by atoms with E-state index in [1.807, 2.05) is 18.7 Å². The molecule has 6 heteroatoms. The number of likely N-dealkylation sites (tertiary alicyclic amines) is 1. The standard InChI is InChI=1S/C16H25N3O2.ClH/c1-9(16-10(2)18-21-11(16)3)6-15(20)19-7-12-4-5-14(17)13(12)8-19;/h9,12-14H,4-8,17H2,1-3H3;1H. The largest absolute Gasteiger partial charge is 0.361 e. The van der Waals surface area contributed by atoms with Crippen LogP contribution in [0.4, 0.5) is 0 Å². The van der Waals surface area contributed by atoms with Crippen molar-refractivity contribution < 1.29 is 9.32 Å². The summed E-state index contributed by atoms with van der Waals surface area (Å²) < 4.78 is 5.21. The molecule has 2 aliphatic rings. The average molecular weight is 328 g/mol. The van der Waals surface area contributed by atoms with Crippen LogP contribution in [0.1, 0.15) is 49.1 Å². The van der Waals surface area contributed by atoms with Gasteiger partial charge in [0.2, 0.25) is 5.91 Å². The molecule has 4 atom stereocenters. The highest BCUT2D eigenvalue weighted by atomic mass is 35.5. The van der Waals surface area contributed by atoms with Crippen LogP contribution in [-0.4, -0.2) is 35.1 Å². The van der Waals surface area contributed by atoms with E-state index < -0.39 is 0 Å². The van der Waals surface area contributed by atoms with Gasteiger partial charge in [0.25, 0.3) is 0 Å². The van der Waals surface area contributed by atoms with Crippen molar-refractivity contribution in [1.82, 2.24) is 10.1 Å². The number of fused-ring (bicyclic) bond motifs is 1. The highest BCUT2D eigenvalue weighted by Crippen LogP contribution is 2.38. The van der Waals surface area contributed by atoms with E-state index in [0.29, 0.717) is 18.3 Å². The SMILES string of the molecule is Cc1noc(C)c1C(C)CC(=O)N1CC2CCC(N)C2C1.Cl. The quantitative estimate of drug-likeness (QED) is 0.925. The van der Waals surface area contributed by atoms with E-state index in [9.17, 15) is 4.79 Å². The van der Waals surface area contributed by atoms with Crippen molar-refractivity contribution in [1.29, 1.82) is 0 Å². The van der Waals surface area contributed by atoms with Gasteiger partial charge >= 0.3 is 0 Å². The topological polar surface area (TPSA) is 72.4 Å². The number of hydrogen-bond donors (Lipinski definition) is 1. The third-order valence-corrected chi connectivity index (χ3v) is 5.33. The van der Waals surface area contributed by atoms with E-state index in [1.54, 1.807) is 0 Å². The number of aryl methyl sites for hydroxylation is 2. The second kappa shape index (κ2) is 6.59. The second-order valence-corrected chi connectivity index (χ2v) is 6.81. The Morgan fingerprint density at radius 2 is 2.14 bits per heavy atom. The number of amides is 1. The van der Waals surface area contributed by atoms with Crippen LogP contribution in [0.3, 0.4) is 0 Å². The number of hydrogen-bond acceptors (Lipinski definition) is 4. The maximum atomic E-state index is 12.5. The molecule has 1 aliphatic carbocycles. The summed E-state index contributed by atoms with van der Waals surface area (Å²) in [5.41, 5.74) is 8.12. The number of nitrogens with zero attached hydrogens (tertiary/aromatic N) is 2. The monoisotopic (exact) mass is 327 g/mol. The smallest absolute Gasteiger partial charge is 0.223 e. The number of nitrogens with two attached hydrogens (primary N) is 1. The predicted molar refractivity (Wildman–Crippen MR) is 87.0 cm³/mol. The number of carbonyl (C=O) groups is 1. The minimum Gasteiger partial charge on any atom is -0.361 e. The van der Waals surface area contributed by atoms with Crippen LogP contribution in [0.15, 0.2) is 4.52 Å². The first-order valence-corrected chi connectivity index (χ1v) is 7.93. The molecular formula is C16H26ClN3O2. The summed E-state index contributed by atoms with van der Waals surface area (Å²) >= 11 is 0. The minimum atomic E-state index is 0. The van der Waals surface area contributed by atoms with Crippen LogP contribution >= 0.6 is 12.4 Å². The lowest BCUT2D eigenvalue weighted by molar-refractivity contribution is -0.130. The molecule has 2 fully saturated rings.